The number of esters is 1. The number of anilines is 1. The monoisotopic (exact) mass is 474 g/mol. The Balaban J connectivity index is 1.55. The molecule has 0 saturated carbocycles. The van der Waals surface area contributed by atoms with Gasteiger partial charge >= 0.3 is 5.97 Å². The highest BCUT2D eigenvalue weighted by atomic mass is 35.5. The Labute approximate surface area is 202 Å². The van der Waals surface area contributed by atoms with E-state index < -0.39 is 5.97 Å². The number of carbonyl (C=O) groups is 1. The van der Waals surface area contributed by atoms with Crippen LogP contribution in [0.25, 0.3) is 22.7 Å². The van der Waals surface area contributed by atoms with Crippen LogP contribution in [-0.2, 0) is 17.7 Å². The van der Waals surface area contributed by atoms with Gasteiger partial charge in [-0.05, 0) is 44.2 Å². The number of hydrogen-bond donors (Lipinski definition) is 0. The van der Waals surface area contributed by atoms with Crippen LogP contribution in [0.15, 0.2) is 59.3 Å². The van der Waals surface area contributed by atoms with Crippen molar-refractivity contribution in [3.05, 3.63) is 82.1 Å². The molecule has 3 heterocycles. The smallest absolute Gasteiger partial charge is 0.343 e. The molecule has 5 rings (SSSR count). The summed E-state index contributed by atoms with van der Waals surface area (Å²) in [5.41, 5.74) is 5.11. The molecule has 0 aliphatic carbocycles. The number of benzene rings is 2. The van der Waals surface area contributed by atoms with Crippen LogP contribution in [-0.4, -0.2) is 34.2 Å². The fraction of sp³-hybridized carbons (Fsp3) is 0.231. The normalized spacial score (nSPS) is 13.0. The SMILES string of the molecule is CCOC(=O)c1cnc(-c2cccc(C)c2)nc1N1CCc2noc(-c3ccc(Cl)cc3)c2C1. The first-order valence-electron chi connectivity index (χ1n) is 11.1. The summed E-state index contributed by atoms with van der Waals surface area (Å²) in [6, 6.07) is 15.4. The van der Waals surface area contributed by atoms with Gasteiger partial charge in [0.15, 0.2) is 11.6 Å². The predicted octanol–water partition coefficient (Wildman–Crippen LogP) is 5.50. The maximum absolute atomic E-state index is 12.8. The lowest BCUT2D eigenvalue weighted by atomic mass is 10.0. The molecule has 1 aliphatic rings. The number of carbonyl (C=O) groups excluding carboxylic acids is 1. The largest absolute Gasteiger partial charge is 0.462 e. The zero-order valence-electron chi connectivity index (χ0n) is 18.9. The second-order valence-electron chi connectivity index (χ2n) is 8.14. The third-order valence-corrected chi connectivity index (χ3v) is 6.04. The second kappa shape index (κ2) is 9.27. The summed E-state index contributed by atoms with van der Waals surface area (Å²) in [6.07, 6.45) is 2.22. The zero-order valence-corrected chi connectivity index (χ0v) is 19.7. The number of halogens is 1. The van der Waals surface area contributed by atoms with Crippen LogP contribution in [0.1, 0.15) is 34.1 Å². The third-order valence-electron chi connectivity index (χ3n) is 5.78. The minimum absolute atomic E-state index is 0.272. The number of aromatic nitrogens is 3. The van der Waals surface area contributed by atoms with Crippen molar-refractivity contribution in [1.29, 1.82) is 0 Å². The van der Waals surface area contributed by atoms with Crippen LogP contribution >= 0.6 is 11.6 Å². The Morgan fingerprint density at radius 3 is 2.76 bits per heavy atom. The van der Waals surface area contributed by atoms with Gasteiger partial charge in [0, 0.05) is 40.9 Å². The minimum atomic E-state index is -0.442. The quantitative estimate of drug-likeness (QED) is 0.353. The van der Waals surface area contributed by atoms with Crippen molar-refractivity contribution >= 4 is 23.4 Å². The number of aryl methyl sites for hydroxylation is 1. The molecular weight excluding hydrogens is 452 g/mol. The maximum atomic E-state index is 12.8. The van der Waals surface area contributed by atoms with Crippen LogP contribution in [0.3, 0.4) is 0 Å². The Morgan fingerprint density at radius 1 is 1.18 bits per heavy atom. The van der Waals surface area contributed by atoms with Crippen molar-refractivity contribution in [2.75, 3.05) is 18.1 Å². The molecule has 2 aromatic carbocycles. The lowest BCUT2D eigenvalue weighted by Crippen LogP contribution is -2.32. The Kier molecular flexibility index (Phi) is 6.02. The summed E-state index contributed by atoms with van der Waals surface area (Å²) < 4.78 is 11.0. The number of ether oxygens (including phenoxy) is 1. The van der Waals surface area contributed by atoms with Gasteiger partial charge in [-0.3, -0.25) is 0 Å². The number of fused-ring (bicyclic) bond motifs is 1. The molecule has 0 amide bonds. The Hall–Kier alpha value is -3.71. The van der Waals surface area contributed by atoms with E-state index in [0.29, 0.717) is 47.5 Å². The van der Waals surface area contributed by atoms with Crippen molar-refractivity contribution < 1.29 is 14.1 Å². The molecule has 0 bridgehead atoms. The summed E-state index contributed by atoms with van der Waals surface area (Å²) in [7, 11) is 0. The van der Waals surface area contributed by atoms with Crippen LogP contribution < -0.4 is 4.90 Å². The molecule has 1 aliphatic heterocycles. The van der Waals surface area contributed by atoms with Crippen LogP contribution in [0.2, 0.25) is 5.02 Å². The van der Waals surface area contributed by atoms with Crippen LogP contribution in [0.5, 0.6) is 0 Å². The molecule has 8 heteroatoms. The summed E-state index contributed by atoms with van der Waals surface area (Å²) in [6.45, 7) is 5.20. The molecule has 0 N–H and O–H groups in total. The Morgan fingerprint density at radius 2 is 2.00 bits per heavy atom. The first kappa shape index (κ1) is 22.1. The van der Waals surface area contributed by atoms with Gasteiger partial charge in [-0.1, -0.05) is 40.5 Å². The van der Waals surface area contributed by atoms with Gasteiger partial charge in [-0.15, -0.1) is 0 Å². The molecule has 7 nitrogen and oxygen atoms in total. The van der Waals surface area contributed by atoms with Crippen LogP contribution in [0, 0.1) is 6.92 Å². The van der Waals surface area contributed by atoms with Gasteiger partial charge in [0.2, 0.25) is 0 Å². The Bertz CT molecular complexity index is 1350. The van der Waals surface area contributed by atoms with Gasteiger partial charge in [0.25, 0.3) is 0 Å². The predicted molar refractivity (Wildman–Crippen MR) is 130 cm³/mol. The molecule has 172 valence electrons. The molecule has 0 atom stereocenters. The van der Waals surface area contributed by atoms with Crippen molar-refractivity contribution in [1.82, 2.24) is 15.1 Å². The highest BCUT2D eigenvalue weighted by Gasteiger charge is 2.29. The maximum Gasteiger partial charge on any atom is 0.343 e. The average Bonchev–Trinajstić information content (AvgIpc) is 3.27. The fourth-order valence-corrected chi connectivity index (χ4v) is 4.24. The van der Waals surface area contributed by atoms with Crippen molar-refractivity contribution in [3.8, 4) is 22.7 Å². The van der Waals surface area contributed by atoms with E-state index in [1.54, 1.807) is 13.1 Å². The summed E-state index contributed by atoms with van der Waals surface area (Å²) in [5, 5.41) is 4.94. The summed E-state index contributed by atoms with van der Waals surface area (Å²) >= 11 is 6.06. The minimum Gasteiger partial charge on any atom is -0.462 e. The van der Waals surface area contributed by atoms with Gasteiger partial charge in [0.05, 0.1) is 18.8 Å². The van der Waals surface area contributed by atoms with E-state index in [4.69, 9.17) is 25.8 Å². The van der Waals surface area contributed by atoms with E-state index >= 15 is 0 Å². The molecule has 0 radical (unpaired) electrons. The number of hydrogen-bond acceptors (Lipinski definition) is 7. The van der Waals surface area contributed by atoms with E-state index in [2.05, 4.69) is 15.0 Å². The topological polar surface area (TPSA) is 81.4 Å². The average molecular weight is 475 g/mol. The first-order valence-corrected chi connectivity index (χ1v) is 11.5. The van der Waals surface area contributed by atoms with Gasteiger partial charge in [-0.25, -0.2) is 14.8 Å². The third kappa shape index (κ3) is 4.26. The molecule has 4 aromatic rings. The van der Waals surface area contributed by atoms with Gasteiger partial charge in [-0.2, -0.15) is 0 Å². The molecule has 0 saturated heterocycles. The van der Waals surface area contributed by atoms with E-state index in [1.165, 1.54) is 0 Å². The molecule has 34 heavy (non-hydrogen) atoms. The van der Waals surface area contributed by atoms with E-state index in [9.17, 15) is 4.79 Å². The van der Waals surface area contributed by atoms with Crippen LogP contribution in [0.4, 0.5) is 5.82 Å². The van der Waals surface area contributed by atoms with Crippen molar-refractivity contribution in [3.63, 3.8) is 0 Å². The van der Waals surface area contributed by atoms with E-state index in [1.807, 2.05) is 55.5 Å². The standard InChI is InChI=1S/C26H23ClN4O3/c1-3-33-26(32)20-14-28-24(18-6-4-5-16(2)13-18)29-25(20)31-12-11-22-21(15-31)23(34-30-22)17-7-9-19(27)10-8-17/h4-10,13-14H,3,11-12,15H2,1-2H3. The van der Waals surface area contributed by atoms with Gasteiger partial charge < -0.3 is 14.2 Å². The summed E-state index contributed by atoms with van der Waals surface area (Å²) in [5.74, 6) is 1.35. The number of nitrogens with zero attached hydrogens (tertiary/aromatic N) is 4. The zero-order chi connectivity index (χ0) is 23.7. The lowest BCUT2D eigenvalue weighted by molar-refractivity contribution is 0.0526. The van der Waals surface area contributed by atoms with E-state index in [-0.39, 0.29) is 6.61 Å². The fourth-order valence-electron chi connectivity index (χ4n) is 4.11. The molecule has 2 aromatic heterocycles. The molecule has 0 unspecified atom stereocenters. The molecule has 0 fully saturated rings. The lowest BCUT2D eigenvalue weighted by Gasteiger charge is -2.29. The molecular formula is C26H23ClN4O3. The van der Waals surface area contributed by atoms with E-state index in [0.717, 1.165) is 27.9 Å². The van der Waals surface area contributed by atoms with Crippen molar-refractivity contribution in [2.45, 2.75) is 26.8 Å². The van der Waals surface area contributed by atoms with Crippen molar-refractivity contribution in [2.24, 2.45) is 0 Å². The van der Waals surface area contributed by atoms with Gasteiger partial charge in [0.1, 0.15) is 11.4 Å². The molecule has 0 spiro atoms. The first-order chi connectivity index (χ1) is 16.5. The highest BCUT2D eigenvalue weighted by molar-refractivity contribution is 6.30. The second-order valence-corrected chi connectivity index (χ2v) is 8.57. The highest BCUT2D eigenvalue weighted by Crippen LogP contribution is 2.34. The summed E-state index contributed by atoms with van der Waals surface area (Å²) in [4.78, 5) is 24.1. The number of rotatable bonds is 5.